The van der Waals surface area contributed by atoms with Gasteiger partial charge in [-0.1, -0.05) is 19.3 Å². The van der Waals surface area contributed by atoms with Crippen molar-refractivity contribution < 1.29 is 4.74 Å². The van der Waals surface area contributed by atoms with E-state index >= 15 is 0 Å². The normalized spacial score (nSPS) is 25.6. The molecule has 1 atom stereocenters. The molecule has 110 valence electrons. The van der Waals surface area contributed by atoms with Crippen molar-refractivity contribution in [3.8, 4) is 0 Å². The van der Waals surface area contributed by atoms with Gasteiger partial charge in [0.1, 0.15) is 0 Å². The lowest BCUT2D eigenvalue weighted by molar-refractivity contribution is -0.103. The highest BCUT2D eigenvalue weighted by Gasteiger charge is 2.38. The molecular weight excluding hydrogens is 266 g/mol. The van der Waals surface area contributed by atoms with Gasteiger partial charge >= 0.3 is 0 Å². The highest BCUT2D eigenvalue weighted by Crippen LogP contribution is 2.39. The molecule has 1 spiro atoms. The molecule has 2 fully saturated rings. The maximum Gasteiger partial charge on any atom is 0.0702 e. The molecule has 2 nitrogen and oxygen atoms in total. The molecule has 1 N–H and O–H groups in total. The summed E-state index contributed by atoms with van der Waals surface area (Å²) in [6.07, 6.45) is 11.0. The van der Waals surface area contributed by atoms with Crippen LogP contribution in [0.15, 0.2) is 29.2 Å². The molecule has 1 aromatic rings. The lowest BCUT2D eigenvalue weighted by Crippen LogP contribution is -2.45. The predicted octanol–water partition coefficient (Wildman–Crippen LogP) is 4.70. The smallest absolute Gasteiger partial charge is 0.0702 e. The fraction of sp³-hybridized carbons (Fsp3) is 0.647. The third kappa shape index (κ3) is 3.32. The standard InChI is InChI=1S/C17H25NOS/c1-20-16-7-5-14(6-8-16)18-15-9-12-19-17(13-15)10-3-2-4-11-17/h5-8,15,18H,2-4,9-13H2,1H3. The van der Waals surface area contributed by atoms with Crippen LogP contribution in [0.3, 0.4) is 0 Å². The molecule has 1 aliphatic carbocycles. The number of anilines is 1. The lowest BCUT2D eigenvalue weighted by atomic mass is 9.78. The lowest BCUT2D eigenvalue weighted by Gasteiger charge is -2.44. The van der Waals surface area contributed by atoms with Gasteiger partial charge in [-0.05, 0) is 56.2 Å². The first kappa shape index (κ1) is 14.3. The summed E-state index contributed by atoms with van der Waals surface area (Å²) < 4.78 is 6.17. The Kier molecular flexibility index (Phi) is 4.57. The number of thioether (sulfide) groups is 1. The highest BCUT2D eigenvalue weighted by molar-refractivity contribution is 7.98. The molecule has 1 aliphatic heterocycles. The van der Waals surface area contributed by atoms with Crippen molar-refractivity contribution in [2.45, 2.75) is 61.5 Å². The Labute approximate surface area is 126 Å². The molecule has 0 bridgehead atoms. The van der Waals surface area contributed by atoms with Crippen molar-refractivity contribution in [2.75, 3.05) is 18.2 Å². The van der Waals surface area contributed by atoms with Crippen LogP contribution in [0.2, 0.25) is 0 Å². The average molecular weight is 291 g/mol. The maximum absolute atomic E-state index is 6.17. The second-order valence-electron chi connectivity index (χ2n) is 6.15. The van der Waals surface area contributed by atoms with Gasteiger partial charge in [0.25, 0.3) is 0 Å². The topological polar surface area (TPSA) is 21.3 Å². The number of hydrogen-bond acceptors (Lipinski definition) is 3. The fourth-order valence-electron chi connectivity index (χ4n) is 3.62. The van der Waals surface area contributed by atoms with Crippen LogP contribution in [0.25, 0.3) is 0 Å². The molecule has 1 aromatic carbocycles. The van der Waals surface area contributed by atoms with Crippen molar-refractivity contribution in [3.05, 3.63) is 24.3 Å². The van der Waals surface area contributed by atoms with Crippen LogP contribution in [0, 0.1) is 0 Å². The molecular formula is C17H25NOS. The van der Waals surface area contributed by atoms with Crippen LogP contribution < -0.4 is 5.32 Å². The van der Waals surface area contributed by atoms with Crippen molar-refractivity contribution >= 4 is 17.4 Å². The Bertz CT molecular complexity index is 420. The van der Waals surface area contributed by atoms with E-state index in [0.29, 0.717) is 6.04 Å². The van der Waals surface area contributed by atoms with Crippen LogP contribution in [0.1, 0.15) is 44.9 Å². The quantitative estimate of drug-likeness (QED) is 0.815. The van der Waals surface area contributed by atoms with Gasteiger partial charge < -0.3 is 10.1 Å². The zero-order chi connectivity index (χ0) is 13.8. The molecule has 0 aromatic heterocycles. The van der Waals surface area contributed by atoms with Gasteiger partial charge in [-0.3, -0.25) is 0 Å². The van der Waals surface area contributed by atoms with E-state index in [2.05, 4.69) is 35.8 Å². The Morgan fingerprint density at radius 2 is 1.90 bits per heavy atom. The maximum atomic E-state index is 6.17. The number of benzene rings is 1. The molecule has 0 amide bonds. The van der Waals surface area contributed by atoms with Crippen LogP contribution in [-0.2, 0) is 4.74 Å². The van der Waals surface area contributed by atoms with E-state index in [9.17, 15) is 0 Å². The Morgan fingerprint density at radius 3 is 2.60 bits per heavy atom. The molecule has 20 heavy (non-hydrogen) atoms. The molecule has 1 unspecified atom stereocenters. The van der Waals surface area contributed by atoms with Crippen molar-refractivity contribution in [1.82, 2.24) is 0 Å². The summed E-state index contributed by atoms with van der Waals surface area (Å²) in [4.78, 5) is 1.33. The third-order valence-corrected chi connectivity index (χ3v) is 5.46. The van der Waals surface area contributed by atoms with E-state index in [1.807, 2.05) is 0 Å². The molecule has 1 heterocycles. The summed E-state index contributed by atoms with van der Waals surface area (Å²) in [5.74, 6) is 0. The van der Waals surface area contributed by atoms with Gasteiger partial charge in [0.2, 0.25) is 0 Å². The predicted molar refractivity (Wildman–Crippen MR) is 86.6 cm³/mol. The van der Waals surface area contributed by atoms with Gasteiger partial charge in [-0.2, -0.15) is 0 Å². The highest BCUT2D eigenvalue weighted by atomic mass is 32.2. The summed E-state index contributed by atoms with van der Waals surface area (Å²) in [6, 6.07) is 9.37. The molecule has 1 saturated carbocycles. The second-order valence-corrected chi connectivity index (χ2v) is 7.03. The summed E-state index contributed by atoms with van der Waals surface area (Å²) >= 11 is 1.79. The molecule has 3 heteroatoms. The minimum absolute atomic E-state index is 0.188. The van der Waals surface area contributed by atoms with E-state index < -0.39 is 0 Å². The largest absolute Gasteiger partial charge is 0.382 e. The summed E-state index contributed by atoms with van der Waals surface area (Å²) in [7, 11) is 0. The Hall–Kier alpha value is -0.670. The van der Waals surface area contributed by atoms with Crippen LogP contribution in [-0.4, -0.2) is 24.5 Å². The summed E-state index contributed by atoms with van der Waals surface area (Å²) in [5.41, 5.74) is 1.44. The fourth-order valence-corrected chi connectivity index (χ4v) is 4.03. The molecule has 2 aliphatic rings. The number of hydrogen-bond donors (Lipinski definition) is 1. The van der Waals surface area contributed by atoms with E-state index in [-0.39, 0.29) is 5.60 Å². The SMILES string of the molecule is CSc1ccc(NC2CCOC3(CCCCC3)C2)cc1. The van der Waals surface area contributed by atoms with E-state index in [1.165, 1.54) is 49.1 Å². The van der Waals surface area contributed by atoms with E-state index in [0.717, 1.165) is 13.0 Å². The Balaban J connectivity index is 1.61. The molecule has 1 saturated heterocycles. The third-order valence-electron chi connectivity index (χ3n) is 4.72. The van der Waals surface area contributed by atoms with Crippen LogP contribution >= 0.6 is 11.8 Å². The minimum atomic E-state index is 0.188. The minimum Gasteiger partial charge on any atom is -0.382 e. The second kappa shape index (κ2) is 6.40. The first-order chi connectivity index (χ1) is 9.80. The Morgan fingerprint density at radius 1 is 1.15 bits per heavy atom. The van der Waals surface area contributed by atoms with E-state index in [4.69, 9.17) is 4.74 Å². The van der Waals surface area contributed by atoms with Crippen molar-refractivity contribution in [1.29, 1.82) is 0 Å². The van der Waals surface area contributed by atoms with Crippen molar-refractivity contribution in [2.24, 2.45) is 0 Å². The summed E-state index contributed by atoms with van der Waals surface area (Å²) in [5, 5.41) is 3.71. The van der Waals surface area contributed by atoms with Gasteiger partial charge in [0, 0.05) is 23.2 Å². The molecule has 0 radical (unpaired) electrons. The monoisotopic (exact) mass is 291 g/mol. The van der Waals surface area contributed by atoms with Crippen molar-refractivity contribution in [3.63, 3.8) is 0 Å². The average Bonchev–Trinajstić information content (AvgIpc) is 2.49. The van der Waals surface area contributed by atoms with Crippen LogP contribution in [0.4, 0.5) is 5.69 Å². The zero-order valence-electron chi connectivity index (χ0n) is 12.4. The number of nitrogens with one attached hydrogen (secondary N) is 1. The van der Waals surface area contributed by atoms with Gasteiger partial charge in [0.15, 0.2) is 0 Å². The van der Waals surface area contributed by atoms with Gasteiger partial charge in [-0.15, -0.1) is 11.8 Å². The van der Waals surface area contributed by atoms with E-state index in [1.54, 1.807) is 11.8 Å². The number of ether oxygens (including phenoxy) is 1. The van der Waals surface area contributed by atoms with Crippen LogP contribution in [0.5, 0.6) is 0 Å². The first-order valence-corrected chi connectivity index (χ1v) is 9.07. The zero-order valence-corrected chi connectivity index (χ0v) is 13.2. The number of rotatable bonds is 3. The van der Waals surface area contributed by atoms with Gasteiger partial charge in [0.05, 0.1) is 5.60 Å². The van der Waals surface area contributed by atoms with Gasteiger partial charge in [-0.25, -0.2) is 0 Å². The summed E-state index contributed by atoms with van der Waals surface area (Å²) in [6.45, 7) is 0.917. The first-order valence-electron chi connectivity index (χ1n) is 7.84. The molecule has 3 rings (SSSR count).